The smallest absolute Gasteiger partial charge is 0.347 e. The van der Waals surface area contributed by atoms with Gasteiger partial charge in [0.2, 0.25) is 0 Å². The van der Waals surface area contributed by atoms with Crippen LogP contribution in [0.3, 0.4) is 0 Å². The van der Waals surface area contributed by atoms with Gasteiger partial charge in [-0.1, -0.05) is 12.1 Å². The average molecular weight is 477 g/mol. The van der Waals surface area contributed by atoms with Crippen LogP contribution in [0, 0.1) is 6.92 Å². The van der Waals surface area contributed by atoms with Crippen LogP contribution in [0.1, 0.15) is 36.9 Å². The predicted molar refractivity (Wildman–Crippen MR) is 120 cm³/mol. The molecule has 0 unspecified atom stereocenters. The van der Waals surface area contributed by atoms with Gasteiger partial charge in [0.05, 0.1) is 4.88 Å². The zero-order chi connectivity index (χ0) is 23.8. The summed E-state index contributed by atoms with van der Waals surface area (Å²) in [6.45, 7) is 5.01. The monoisotopic (exact) mass is 476 g/mol. The number of piperazine rings is 1. The maximum atomic E-state index is 12.9. The fourth-order valence-corrected chi connectivity index (χ4v) is 4.79. The van der Waals surface area contributed by atoms with Gasteiger partial charge in [-0.05, 0) is 49.4 Å². The van der Waals surface area contributed by atoms with Gasteiger partial charge in [-0.2, -0.15) is 13.2 Å². The van der Waals surface area contributed by atoms with E-state index >= 15 is 0 Å². The second-order valence-corrected chi connectivity index (χ2v) is 9.08. The number of alkyl halides is 3. The Kier molecular flexibility index (Phi) is 6.40. The molecule has 3 heterocycles. The van der Waals surface area contributed by atoms with Crippen LogP contribution in [0.4, 0.5) is 13.2 Å². The Hall–Kier alpha value is -2.98. The van der Waals surface area contributed by atoms with Crippen molar-refractivity contribution in [3.63, 3.8) is 0 Å². The predicted octanol–water partition coefficient (Wildman–Crippen LogP) is 3.94. The summed E-state index contributed by atoms with van der Waals surface area (Å²) in [6, 6.07) is 9.35. The molecular formula is C23H23F3N4O2S. The summed E-state index contributed by atoms with van der Waals surface area (Å²) >= 11 is 0.943. The standard InChI is InChI=1S/C23H23F3N4O2S/c1-14-17-7-8-18(23(24,25)26)28-21(17)33-19(14)20(31)27-13-15-3-5-16(6-4-15)22(32)30-11-9-29(2)10-12-30/h3-8H,9-13H2,1-2H3,(H,27,31). The molecule has 6 nitrogen and oxygen atoms in total. The van der Waals surface area contributed by atoms with E-state index in [-0.39, 0.29) is 23.2 Å². The van der Waals surface area contributed by atoms with Crippen LogP contribution in [-0.2, 0) is 12.7 Å². The lowest BCUT2D eigenvalue weighted by Crippen LogP contribution is -2.47. The summed E-state index contributed by atoms with van der Waals surface area (Å²) in [5.41, 5.74) is 1.03. The van der Waals surface area contributed by atoms with Gasteiger partial charge in [0.1, 0.15) is 10.5 Å². The third-order valence-corrected chi connectivity index (χ3v) is 6.94. The van der Waals surface area contributed by atoms with Gasteiger partial charge in [0.15, 0.2) is 0 Å². The molecule has 1 aromatic carbocycles. The quantitative estimate of drug-likeness (QED) is 0.620. The van der Waals surface area contributed by atoms with E-state index in [1.54, 1.807) is 31.2 Å². The summed E-state index contributed by atoms with van der Waals surface area (Å²) in [7, 11) is 2.03. The van der Waals surface area contributed by atoms with Crippen LogP contribution < -0.4 is 5.32 Å². The number of halogens is 3. The van der Waals surface area contributed by atoms with Gasteiger partial charge in [0, 0.05) is 43.7 Å². The number of amides is 2. The molecule has 1 saturated heterocycles. The molecule has 0 spiro atoms. The normalized spacial score (nSPS) is 15.1. The summed E-state index contributed by atoms with van der Waals surface area (Å²) in [5.74, 6) is -0.382. The highest BCUT2D eigenvalue weighted by Crippen LogP contribution is 2.34. The Morgan fingerprint density at radius 3 is 2.36 bits per heavy atom. The Balaban J connectivity index is 1.41. The van der Waals surface area contributed by atoms with Crippen LogP contribution in [0.2, 0.25) is 0 Å². The van der Waals surface area contributed by atoms with Crippen LogP contribution in [0.15, 0.2) is 36.4 Å². The Morgan fingerprint density at radius 1 is 1.06 bits per heavy atom. The van der Waals surface area contributed by atoms with Crippen molar-refractivity contribution in [3.05, 3.63) is 63.7 Å². The molecular weight excluding hydrogens is 453 g/mol. The van der Waals surface area contributed by atoms with Crippen LogP contribution in [-0.4, -0.2) is 59.8 Å². The lowest BCUT2D eigenvalue weighted by atomic mass is 10.1. The van der Waals surface area contributed by atoms with Crippen LogP contribution in [0.25, 0.3) is 10.2 Å². The number of carbonyl (C=O) groups excluding carboxylic acids is 2. The number of nitrogens with one attached hydrogen (secondary N) is 1. The molecule has 10 heteroatoms. The first-order valence-corrected chi connectivity index (χ1v) is 11.3. The number of hydrogen-bond acceptors (Lipinski definition) is 5. The number of fused-ring (bicyclic) bond motifs is 1. The fourth-order valence-electron chi connectivity index (χ4n) is 3.69. The molecule has 1 aliphatic rings. The fraction of sp³-hybridized carbons (Fsp3) is 0.348. The Morgan fingerprint density at radius 2 is 1.73 bits per heavy atom. The molecule has 3 aromatic rings. The first-order valence-electron chi connectivity index (χ1n) is 10.5. The van der Waals surface area contributed by atoms with Gasteiger partial charge in [-0.3, -0.25) is 9.59 Å². The second-order valence-electron chi connectivity index (χ2n) is 8.08. The van der Waals surface area contributed by atoms with E-state index in [1.807, 2.05) is 11.9 Å². The first-order chi connectivity index (χ1) is 15.6. The number of benzene rings is 1. The highest BCUT2D eigenvalue weighted by atomic mass is 32.1. The van der Waals surface area contributed by atoms with Crippen molar-refractivity contribution >= 4 is 33.4 Å². The number of hydrogen-bond donors (Lipinski definition) is 1. The van der Waals surface area contributed by atoms with E-state index in [0.29, 0.717) is 34.5 Å². The van der Waals surface area contributed by atoms with Crippen molar-refractivity contribution in [1.29, 1.82) is 0 Å². The van der Waals surface area contributed by atoms with Crippen molar-refractivity contribution in [2.24, 2.45) is 0 Å². The van der Waals surface area contributed by atoms with Gasteiger partial charge < -0.3 is 15.1 Å². The number of aromatic nitrogens is 1. The third-order valence-electron chi connectivity index (χ3n) is 5.74. The first kappa shape index (κ1) is 23.2. The van der Waals surface area contributed by atoms with Gasteiger partial charge in [-0.25, -0.2) is 4.98 Å². The van der Waals surface area contributed by atoms with E-state index < -0.39 is 11.9 Å². The van der Waals surface area contributed by atoms with Gasteiger partial charge in [-0.15, -0.1) is 11.3 Å². The molecule has 0 aliphatic carbocycles. The minimum Gasteiger partial charge on any atom is -0.347 e. The molecule has 0 radical (unpaired) electrons. The topological polar surface area (TPSA) is 65.5 Å². The second kappa shape index (κ2) is 9.11. The Labute approximate surface area is 193 Å². The van der Waals surface area contributed by atoms with E-state index in [4.69, 9.17) is 0 Å². The minimum atomic E-state index is -4.54. The summed E-state index contributed by atoms with van der Waals surface area (Å²) in [5, 5.41) is 3.33. The number of nitrogens with zero attached hydrogens (tertiary/aromatic N) is 3. The lowest BCUT2D eigenvalue weighted by Gasteiger charge is -2.32. The van der Waals surface area contributed by atoms with Crippen molar-refractivity contribution in [3.8, 4) is 0 Å². The number of rotatable bonds is 4. The largest absolute Gasteiger partial charge is 0.433 e. The van der Waals surface area contributed by atoms with Crippen LogP contribution >= 0.6 is 11.3 Å². The van der Waals surface area contributed by atoms with E-state index in [2.05, 4.69) is 15.2 Å². The molecule has 0 atom stereocenters. The average Bonchev–Trinajstić information content (AvgIpc) is 3.13. The molecule has 33 heavy (non-hydrogen) atoms. The Bertz CT molecular complexity index is 1180. The van der Waals surface area contributed by atoms with Crippen molar-refractivity contribution < 1.29 is 22.8 Å². The molecule has 2 aromatic heterocycles. The van der Waals surface area contributed by atoms with E-state index in [0.717, 1.165) is 36.1 Å². The maximum absolute atomic E-state index is 12.9. The SMILES string of the molecule is Cc1c(C(=O)NCc2ccc(C(=O)N3CCN(C)CC3)cc2)sc2nc(C(F)(F)F)ccc12. The number of likely N-dealkylation sites (N-methyl/N-ethyl adjacent to an activating group) is 1. The molecule has 0 bridgehead atoms. The van der Waals surface area contributed by atoms with Crippen molar-refractivity contribution in [2.75, 3.05) is 33.2 Å². The number of carbonyl (C=O) groups is 2. The van der Waals surface area contributed by atoms with Gasteiger partial charge >= 0.3 is 6.18 Å². The number of aryl methyl sites for hydroxylation is 1. The molecule has 174 valence electrons. The number of pyridine rings is 1. The number of thiophene rings is 1. The molecule has 0 saturated carbocycles. The third kappa shape index (κ3) is 5.01. The van der Waals surface area contributed by atoms with Crippen molar-refractivity contribution in [2.45, 2.75) is 19.6 Å². The molecule has 1 N–H and O–H groups in total. The van der Waals surface area contributed by atoms with E-state index in [9.17, 15) is 22.8 Å². The van der Waals surface area contributed by atoms with E-state index in [1.165, 1.54) is 6.07 Å². The molecule has 1 fully saturated rings. The lowest BCUT2D eigenvalue weighted by molar-refractivity contribution is -0.140. The molecule has 2 amide bonds. The highest BCUT2D eigenvalue weighted by Gasteiger charge is 2.33. The van der Waals surface area contributed by atoms with Crippen molar-refractivity contribution in [1.82, 2.24) is 20.1 Å². The molecule has 1 aliphatic heterocycles. The summed E-state index contributed by atoms with van der Waals surface area (Å²) < 4.78 is 38.8. The zero-order valence-electron chi connectivity index (χ0n) is 18.2. The van der Waals surface area contributed by atoms with Gasteiger partial charge in [0.25, 0.3) is 11.8 Å². The highest BCUT2D eigenvalue weighted by molar-refractivity contribution is 7.20. The zero-order valence-corrected chi connectivity index (χ0v) is 19.0. The summed E-state index contributed by atoms with van der Waals surface area (Å²) in [4.78, 5) is 33.5. The van der Waals surface area contributed by atoms with Crippen LogP contribution in [0.5, 0.6) is 0 Å². The summed E-state index contributed by atoms with van der Waals surface area (Å²) in [6.07, 6.45) is -4.54. The molecule has 4 rings (SSSR count). The maximum Gasteiger partial charge on any atom is 0.433 e. The minimum absolute atomic E-state index is 0.00897.